The third-order valence-electron chi connectivity index (χ3n) is 3.84. The summed E-state index contributed by atoms with van der Waals surface area (Å²) in [5.74, 6) is -0.193. The number of nitrogens with zero attached hydrogens (tertiary/aromatic N) is 2. The number of thiazole rings is 1. The van der Waals surface area contributed by atoms with Gasteiger partial charge in [0.2, 0.25) is 0 Å². The highest BCUT2D eigenvalue weighted by Gasteiger charge is 2.14. The lowest BCUT2D eigenvalue weighted by Gasteiger charge is -2.09. The number of rotatable bonds is 5. The van der Waals surface area contributed by atoms with E-state index in [1.54, 1.807) is 34.9 Å². The smallest absolute Gasteiger partial charge is 0.325 e. The molecule has 0 aliphatic carbocycles. The largest absolute Gasteiger partial charge is 0.491 e. The summed E-state index contributed by atoms with van der Waals surface area (Å²) in [5.41, 5.74) is 1.07. The van der Waals surface area contributed by atoms with Crippen LogP contribution in [0.15, 0.2) is 47.5 Å². The van der Waals surface area contributed by atoms with Gasteiger partial charge in [-0.15, -0.1) is 0 Å². The molecule has 1 amide bonds. The molecule has 0 N–H and O–H groups in total. The van der Waals surface area contributed by atoms with Crippen LogP contribution in [-0.4, -0.2) is 29.7 Å². The van der Waals surface area contributed by atoms with E-state index in [9.17, 15) is 9.59 Å². The van der Waals surface area contributed by atoms with Gasteiger partial charge in [0.1, 0.15) is 12.3 Å². The summed E-state index contributed by atoms with van der Waals surface area (Å²) in [6.45, 7) is 3.77. The number of hydrogen-bond donors (Lipinski definition) is 0. The molecule has 1 aromatic heterocycles. The highest BCUT2D eigenvalue weighted by atomic mass is 35.5. The predicted octanol–water partition coefficient (Wildman–Crippen LogP) is 4.06. The van der Waals surface area contributed by atoms with Crippen molar-refractivity contribution in [1.82, 2.24) is 4.57 Å². The molecule has 0 radical (unpaired) electrons. The lowest BCUT2D eigenvalue weighted by Crippen LogP contribution is -2.22. The molecular formula is C20H19ClN2O4S. The zero-order valence-electron chi connectivity index (χ0n) is 15.6. The van der Waals surface area contributed by atoms with E-state index in [0.29, 0.717) is 26.7 Å². The van der Waals surface area contributed by atoms with Crippen molar-refractivity contribution in [3.8, 4) is 5.75 Å². The molecule has 0 aliphatic rings. The monoisotopic (exact) mass is 418 g/mol. The number of halogens is 1. The Morgan fingerprint density at radius 2 is 1.89 bits per heavy atom. The Morgan fingerprint density at radius 1 is 1.18 bits per heavy atom. The van der Waals surface area contributed by atoms with E-state index >= 15 is 0 Å². The van der Waals surface area contributed by atoms with Crippen molar-refractivity contribution in [2.45, 2.75) is 26.5 Å². The predicted molar refractivity (Wildman–Crippen MR) is 109 cm³/mol. The molecule has 6 nitrogen and oxygen atoms in total. The Bertz CT molecular complexity index is 1080. The SMILES string of the molecule is COC(=O)Cn1c(=NC(=O)c2ccc(OC(C)C)cc2)sc2cccc(Cl)c21. The standard InChI is InChI=1S/C20H19ClN2O4S/c1-12(2)27-14-9-7-13(8-10-14)19(25)22-20-23(11-17(24)26-3)18-15(21)5-4-6-16(18)28-20/h4-10,12H,11H2,1-3H3. The van der Waals surface area contributed by atoms with Gasteiger partial charge in [-0.25, -0.2) is 0 Å². The van der Waals surface area contributed by atoms with Gasteiger partial charge in [-0.3, -0.25) is 9.59 Å². The van der Waals surface area contributed by atoms with Crippen LogP contribution in [0.1, 0.15) is 24.2 Å². The van der Waals surface area contributed by atoms with Gasteiger partial charge in [-0.05, 0) is 50.2 Å². The van der Waals surface area contributed by atoms with E-state index in [-0.39, 0.29) is 12.6 Å². The summed E-state index contributed by atoms with van der Waals surface area (Å²) in [6.07, 6.45) is 0.0480. The van der Waals surface area contributed by atoms with E-state index in [2.05, 4.69) is 4.99 Å². The molecule has 146 valence electrons. The molecule has 3 aromatic rings. The topological polar surface area (TPSA) is 69.9 Å². The van der Waals surface area contributed by atoms with E-state index in [0.717, 1.165) is 4.70 Å². The van der Waals surface area contributed by atoms with Crippen LogP contribution in [-0.2, 0) is 16.1 Å². The number of esters is 1. The van der Waals surface area contributed by atoms with E-state index < -0.39 is 11.9 Å². The summed E-state index contributed by atoms with van der Waals surface area (Å²) < 4.78 is 12.8. The highest BCUT2D eigenvalue weighted by Crippen LogP contribution is 2.25. The van der Waals surface area contributed by atoms with Crippen LogP contribution in [0.5, 0.6) is 5.75 Å². The van der Waals surface area contributed by atoms with Gasteiger partial charge in [0, 0.05) is 5.56 Å². The van der Waals surface area contributed by atoms with Crippen molar-refractivity contribution < 1.29 is 19.1 Å². The Kier molecular flexibility index (Phi) is 6.16. The third-order valence-corrected chi connectivity index (χ3v) is 5.19. The van der Waals surface area contributed by atoms with Crippen LogP contribution in [0, 0.1) is 0 Å². The van der Waals surface area contributed by atoms with Gasteiger partial charge in [0.25, 0.3) is 5.91 Å². The van der Waals surface area contributed by atoms with E-state index in [1.807, 2.05) is 26.0 Å². The maximum Gasteiger partial charge on any atom is 0.325 e. The molecular weight excluding hydrogens is 400 g/mol. The molecule has 3 rings (SSSR count). The minimum absolute atomic E-state index is 0.0480. The van der Waals surface area contributed by atoms with Crippen molar-refractivity contribution in [2.75, 3.05) is 7.11 Å². The molecule has 8 heteroatoms. The zero-order valence-corrected chi connectivity index (χ0v) is 17.2. The minimum Gasteiger partial charge on any atom is -0.491 e. The molecule has 0 atom stereocenters. The van der Waals surface area contributed by atoms with Gasteiger partial charge in [0.15, 0.2) is 4.80 Å². The minimum atomic E-state index is -0.455. The Labute approximate surface area is 171 Å². The average Bonchev–Trinajstić information content (AvgIpc) is 3.00. The first-order valence-corrected chi connectivity index (χ1v) is 9.79. The maximum absolute atomic E-state index is 12.7. The van der Waals surface area contributed by atoms with Crippen LogP contribution < -0.4 is 9.54 Å². The first-order chi connectivity index (χ1) is 13.4. The molecule has 1 heterocycles. The van der Waals surface area contributed by atoms with Gasteiger partial charge < -0.3 is 14.0 Å². The van der Waals surface area contributed by atoms with Gasteiger partial charge in [-0.1, -0.05) is 29.0 Å². The quantitative estimate of drug-likeness (QED) is 0.586. The number of methoxy groups -OCH3 is 1. The summed E-state index contributed by atoms with van der Waals surface area (Å²) >= 11 is 7.59. The number of aromatic nitrogens is 1. The number of carbonyl (C=O) groups is 2. The fourth-order valence-corrected chi connectivity index (χ4v) is 4.00. The molecule has 2 aromatic carbocycles. The van der Waals surface area contributed by atoms with Crippen molar-refractivity contribution >= 4 is 45.0 Å². The van der Waals surface area contributed by atoms with Crippen LogP contribution >= 0.6 is 22.9 Å². The highest BCUT2D eigenvalue weighted by molar-refractivity contribution is 7.16. The lowest BCUT2D eigenvalue weighted by molar-refractivity contribution is -0.141. The number of ether oxygens (including phenoxy) is 2. The number of amides is 1. The molecule has 28 heavy (non-hydrogen) atoms. The van der Waals surface area contributed by atoms with Gasteiger partial charge in [-0.2, -0.15) is 4.99 Å². The molecule has 0 fully saturated rings. The molecule has 0 saturated carbocycles. The first kappa shape index (κ1) is 20.1. The molecule has 0 saturated heterocycles. The van der Waals surface area contributed by atoms with E-state index in [1.165, 1.54) is 18.4 Å². The van der Waals surface area contributed by atoms with Crippen LogP contribution in [0.2, 0.25) is 5.02 Å². The van der Waals surface area contributed by atoms with Crippen LogP contribution in [0.25, 0.3) is 10.2 Å². The number of benzene rings is 2. The summed E-state index contributed by atoms with van der Waals surface area (Å²) in [6, 6.07) is 12.2. The lowest BCUT2D eigenvalue weighted by atomic mass is 10.2. The van der Waals surface area contributed by atoms with Crippen molar-refractivity contribution in [3.05, 3.63) is 57.9 Å². The fourth-order valence-electron chi connectivity index (χ4n) is 2.61. The van der Waals surface area contributed by atoms with Gasteiger partial charge >= 0.3 is 5.97 Å². The summed E-state index contributed by atoms with van der Waals surface area (Å²) in [4.78, 5) is 29.1. The molecule has 0 bridgehead atoms. The average molecular weight is 419 g/mol. The molecule has 0 spiro atoms. The number of fused-ring (bicyclic) bond motifs is 1. The number of carbonyl (C=O) groups excluding carboxylic acids is 2. The Morgan fingerprint density at radius 3 is 2.54 bits per heavy atom. The second-order valence-corrected chi connectivity index (χ2v) is 7.66. The van der Waals surface area contributed by atoms with Crippen LogP contribution in [0.4, 0.5) is 0 Å². The number of hydrogen-bond acceptors (Lipinski definition) is 5. The molecule has 0 aliphatic heterocycles. The maximum atomic E-state index is 12.7. The van der Waals surface area contributed by atoms with Crippen molar-refractivity contribution in [2.24, 2.45) is 4.99 Å². The third kappa shape index (κ3) is 4.43. The fraction of sp³-hybridized carbons (Fsp3) is 0.250. The Balaban J connectivity index is 2.03. The number of para-hydroxylation sites is 1. The Hall–Kier alpha value is -2.64. The summed E-state index contributed by atoms with van der Waals surface area (Å²) in [5, 5.41) is 0.474. The normalized spacial score (nSPS) is 11.8. The van der Waals surface area contributed by atoms with Gasteiger partial charge in [0.05, 0.1) is 28.5 Å². The van der Waals surface area contributed by atoms with E-state index in [4.69, 9.17) is 21.1 Å². The zero-order chi connectivity index (χ0) is 20.3. The van der Waals surface area contributed by atoms with Crippen LogP contribution in [0.3, 0.4) is 0 Å². The second kappa shape index (κ2) is 8.58. The second-order valence-electron chi connectivity index (χ2n) is 6.24. The molecule has 0 unspecified atom stereocenters. The summed E-state index contributed by atoms with van der Waals surface area (Å²) in [7, 11) is 1.31. The first-order valence-electron chi connectivity index (χ1n) is 8.59. The van der Waals surface area contributed by atoms with Crippen molar-refractivity contribution in [1.29, 1.82) is 0 Å². The van der Waals surface area contributed by atoms with Crippen molar-refractivity contribution in [3.63, 3.8) is 0 Å².